The number of rotatable bonds is 6. The van der Waals surface area contributed by atoms with Gasteiger partial charge in [0.1, 0.15) is 19.5 Å². The van der Waals surface area contributed by atoms with Crippen LogP contribution in [0, 0.1) is 10.8 Å². The highest BCUT2D eigenvalue weighted by Gasteiger charge is 2.40. The lowest BCUT2D eigenvalue weighted by atomic mass is 9.63. The van der Waals surface area contributed by atoms with E-state index in [4.69, 9.17) is 4.98 Å². The first-order valence-corrected chi connectivity index (χ1v) is 10.6. The lowest BCUT2D eigenvalue weighted by Gasteiger charge is -2.45. The van der Waals surface area contributed by atoms with Crippen molar-refractivity contribution in [3.63, 3.8) is 0 Å². The van der Waals surface area contributed by atoms with Gasteiger partial charge in [-0.05, 0) is 47.2 Å². The second-order valence-corrected chi connectivity index (χ2v) is 9.87. The molecule has 1 aliphatic rings. The van der Waals surface area contributed by atoms with Crippen LogP contribution in [0.1, 0.15) is 45.6 Å². The number of nitrogens with one attached hydrogen (secondary N) is 2. The second kappa shape index (κ2) is 7.91. The molecular formula is C22H31BN6O. The van der Waals surface area contributed by atoms with Gasteiger partial charge in [-0.1, -0.05) is 26.8 Å². The largest absolute Gasteiger partial charge is 0.393 e. The van der Waals surface area contributed by atoms with E-state index in [1.807, 2.05) is 43.0 Å². The van der Waals surface area contributed by atoms with Gasteiger partial charge in [-0.25, -0.2) is 4.98 Å². The Balaban J connectivity index is 1.54. The van der Waals surface area contributed by atoms with Gasteiger partial charge in [0.2, 0.25) is 0 Å². The average Bonchev–Trinajstić information content (AvgIpc) is 3.05. The normalized spacial score (nSPS) is 23.4. The fourth-order valence-electron chi connectivity index (χ4n) is 5.00. The van der Waals surface area contributed by atoms with Crippen molar-refractivity contribution in [2.45, 2.75) is 52.7 Å². The Bertz CT molecular complexity index is 1020. The molecule has 0 saturated heterocycles. The lowest BCUT2D eigenvalue weighted by Crippen LogP contribution is -2.42. The van der Waals surface area contributed by atoms with Crippen LogP contribution < -0.4 is 16.1 Å². The van der Waals surface area contributed by atoms with Crippen LogP contribution in [-0.2, 0) is 6.54 Å². The zero-order valence-electron chi connectivity index (χ0n) is 18.3. The van der Waals surface area contributed by atoms with E-state index in [9.17, 15) is 5.11 Å². The zero-order chi connectivity index (χ0) is 21.4. The van der Waals surface area contributed by atoms with Gasteiger partial charge in [-0.3, -0.25) is 4.98 Å². The summed E-state index contributed by atoms with van der Waals surface area (Å²) in [6, 6.07) is 5.98. The van der Waals surface area contributed by atoms with Crippen molar-refractivity contribution in [3.8, 4) is 0 Å². The first kappa shape index (κ1) is 20.7. The minimum Gasteiger partial charge on any atom is -0.393 e. The van der Waals surface area contributed by atoms with E-state index in [2.05, 4.69) is 41.5 Å². The van der Waals surface area contributed by atoms with Gasteiger partial charge in [0.15, 0.2) is 5.65 Å². The predicted octanol–water partition coefficient (Wildman–Crippen LogP) is 1.98. The third kappa shape index (κ3) is 4.59. The smallest absolute Gasteiger partial charge is 0.153 e. The second-order valence-electron chi connectivity index (χ2n) is 9.87. The summed E-state index contributed by atoms with van der Waals surface area (Å²) in [5.74, 6) is 1.70. The van der Waals surface area contributed by atoms with Crippen LogP contribution in [0.3, 0.4) is 0 Å². The van der Waals surface area contributed by atoms with Crippen LogP contribution in [-0.4, -0.2) is 45.2 Å². The van der Waals surface area contributed by atoms with Gasteiger partial charge in [0.25, 0.3) is 0 Å². The van der Waals surface area contributed by atoms with Crippen molar-refractivity contribution in [2.24, 2.45) is 10.8 Å². The van der Waals surface area contributed by atoms with Crippen molar-refractivity contribution in [3.05, 3.63) is 42.4 Å². The third-order valence-electron chi connectivity index (χ3n) is 5.96. The van der Waals surface area contributed by atoms with E-state index in [-0.39, 0.29) is 16.9 Å². The molecule has 2 unspecified atom stereocenters. The summed E-state index contributed by atoms with van der Waals surface area (Å²) in [6.07, 6.45) is 7.97. The Hall–Kier alpha value is -2.61. The van der Waals surface area contributed by atoms with Crippen LogP contribution in [0.25, 0.3) is 5.65 Å². The van der Waals surface area contributed by atoms with E-state index in [1.54, 1.807) is 6.20 Å². The molecule has 0 bridgehead atoms. The average molecular weight is 406 g/mol. The molecule has 158 valence electrons. The summed E-state index contributed by atoms with van der Waals surface area (Å²) in [7, 11) is 2.02. The summed E-state index contributed by atoms with van der Waals surface area (Å²) in [5.41, 5.74) is 3.13. The molecule has 30 heavy (non-hydrogen) atoms. The fraction of sp³-hybridized carbons (Fsp3) is 0.500. The van der Waals surface area contributed by atoms with E-state index in [0.717, 1.165) is 54.1 Å². The minimum absolute atomic E-state index is 0.0214. The van der Waals surface area contributed by atoms with Crippen LogP contribution in [0.5, 0.6) is 0 Å². The fourth-order valence-corrected chi connectivity index (χ4v) is 5.00. The summed E-state index contributed by atoms with van der Waals surface area (Å²) in [4.78, 5) is 8.98. The highest BCUT2D eigenvalue weighted by atomic mass is 16.3. The van der Waals surface area contributed by atoms with Gasteiger partial charge in [-0.15, -0.1) is 0 Å². The molecule has 4 rings (SSSR count). The molecule has 0 aromatic carbocycles. The molecule has 3 aromatic rings. The maximum absolute atomic E-state index is 10.4. The monoisotopic (exact) mass is 406 g/mol. The highest BCUT2D eigenvalue weighted by molar-refractivity contribution is 6.36. The van der Waals surface area contributed by atoms with Crippen LogP contribution in [0.15, 0.2) is 36.8 Å². The molecule has 1 fully saturated rings. The zero-order valence-corrected chi connectivity index (χ0v) is 18.3. The molecule has 1 saturated carbocycles. The molecule has 3 aromatic heterocycles. The van der Waals surface area contributed by atoms with E-state index in [1.165, 1.54) is 0 Å². The molecular weight excluding hydrogens is 375 g/mol. The molecule has 3 N–H and O–H groups in total. The van der Waals surface area contributed by atoms with Crippen molar-refractivity contribution in [2.75, 3.05) is 17.2 Å². The van der Waals surface area contributed by atoms with Gasteiger partial charge < -0.3 is 15.7 Å². The Morgan fingerprint density at radius 3 is 2.80 bits per heavy atom. The van der Waals surface area contributed by atoms with Crippen molar-refractivity contribution in [1.29, 1.82) is 0 Å². The van der Waals surface area contributed by atoms with E-state index in [0.29, 0.717) is 6.54 Å². The van der Waals surface area contributed by atoms with Gasteiger partial charge in [0, 0.05) is 37.7 Å². The Morgan fingerprint density at radius 1 is 1.23 bits per heavy atom. The summed E-state index contributed by atoms with van der Waals surface area (Å²) in [5, 5.41) is 21.9. The van der Waals surface area contributed by atoms with Crippen LogP contribution in [0.2, 0.25) is 0 Å². The van der Waals surface area contributed by atoms with Crippen molar-refractivity contribution >= 4 is 30.6 Å². The Labute approximate surface area is 178 Å². The van der Waals surface area contributed by atoms with E-state index < -0.39 is 0 Å². The molecule has 0 spiro atoms. The van der Waals surface area contributed by atoms with Gasteiger partial charge in [0.05, 0.1) is 6.10 Å². The highest BCUT2D eigenvalue weighted by Crippen LogP contribution is 2.46. The quantitative estimate of drug-likeness (QED) is 0.543. The number of pyridine rings is 1. The molecule has 1 aliphatic carbocycles. The predicted molar refractivity (Wildman–Crippen MR) is 123 cm³/mol. The number of nitrogens with zero attached hydrogens (tertiary/aromatic N) is 4. The summed E-state index contributed by atoms with van der Waals surface area (Å²) in [6.45, 7) is 8.17. The molecule has 8 heteroatoms. The third-order valence-corrected chi connectivity index (χ3v) is 5.96. The summed E-state index contributed by atoms with van der Waals surface area (Å²) < 4.78 is 1.84. The Morgan fingerprint density at radius 2 is 2.07 bits per heavy atom. The number of aliphatic hydroxyl groups is 1. The SMILES string of the molecule is Bc1cnn2c(NCc3cccnc3)cc(NCC3(C)CC(O)CC(C)(C)C3)nc12. The Kier molecular flexibility index (Phi) is 5.45. The number of aromatic nitrogens is 4. The molecule has 0 radical (unpaired) electrons. The number of hydrogen-bond donors (Lipinski definition) is 3. The molecule has 3 heterocycles. The number of aliphatic hydroxyl groups excluding tert-OH is 1. The molecule has 2 atom stereocenters. The minimum atomic E-state index is -0.246. The van der Waals surface area contributed by atoms with Crippen molar-refractivity contribution < 1.29 is 5.11 Å². The van der Waals surface area contributed by atoms with Crippen LogP contribution in [0.4, 0.5) is 11.6 Å². The number of fused-ring (bicyclic) bond motifs is 1. The van der Waals surface area contributed by atoms with E-state index >= 15 is 0 Å². The van der Waals surface area contributed by atoms with Crippen molar-refractivity contribution in [1.82, 2.24) is 19.6 Å². The lowest BCUT2D eigenvalue weighted by molar-refractivity contribution is -0.00320. The maximum atomic E-state index is 10.4. The molecule has 0 amide bonds. The number of hydrogen-bond acceptors (Lipinski definition) is 6. The van der Waals surface area contributed by atoms with Gasteiger partial charge in [-0.2, -0.15) is 9.61 Å². The topological polar surface area (TPSA) is 87.4 Å². The number of anilines is 2. The standard InChI is InChI=1S/C22H31BN6O/c1-21(2)8-16(30)9-22(3,13-21)14-26-18-7-19(25-11-15-5-4-6-24-10-15)29-20(28-18)17(23)12-27-29/h4-7,10,12,16,25,30H,8-9,11,13-14,23H2,1-3H3,(H,26,28). The maximum Gasteiger partial charge on any atom is 0.153 e. The molecule has 7 nitrogen and oxygen atoms in total. The molecule has 0 aliphatic heterocycles. The van der Waals surface area contributed by atoms with Gasteiger partial charge >= 0.3 is 0 Å². The summed E-state index contributed by atoms with van der Waals surface area (Å²) >= 11 is 0. The first-order valence-electron chi connectivity index (χ1n) is 10.6. The first-order chi connectivity index (χ1) is 14.2. The van der Waals surface area contributed by atoms with Crippen LogP contribution >= 0.6 is 0 Å².